The van der Waals surface area contributed by atoms with Gasteiger partial charge in [0.25, 0.3) is 5.56 Å². The highest BCUT2D eigenvalue weighted by atomic mass is 35.5. The van der Waals surface area contributed by atoms with Gasteiger partial charge in [-0.15, -0.1) is 0 Å². The van der Waals surface area contributed by atoms with E-state index >= 15 is 0 Å². The molecule has 0 N–H and O–H groups in total. The molecule has 2 aromatic rings. The van der Waals surface area contributed by atoms with E-state index in [9.17, 15) is 4.79 Å². The fourth-order valence-corrected chi connectivity index (χ4v) is 2.55. The van der Waals surface area contributed by atoms with Crippen LogP contribution in [0.1, 0.15) is 31.7 Å². The van der Waals surface area contributed by atoms with E-state index in [1.54, 1.807) is 10.8 Å². The summed E-state index contributed by atoms with van der Waals surface area (Å²) < 4.78 is 1.71. The van der Waals surface area contributed by atoms with Gasteiger partial charge >= 0.3 is 0 Å². The topological polar surface area (TPSA) is 60.7 Å². The van der Waals surface area contributed by atoms with Crippen LogP contribution in [0.15, 0.2) is 17.2 Å². The zero-order chi connectivity index (χ0) is 11.8. The Morgan fingerprint density at radius 3 is 2.76 bits per heavy atom. The van der Waals surface area contributed by atoms with Crippen LogP contribution in [0.25, 0.3) is 11.2 Å². The van der Waals surface area contributed by atoms with Crippen molar-refractivity contribution in [2.24, 2.45) is 0 Å². The molecule has 1 aliphatic carbocycles. The smallest absolute Gasteiger partial charge is 0.270 e. The van der Waals surface area contributed by atoms with Crippen molar-refractivity contribution in [3.8, 4) is 0 Å². The van der Waals surface area contributed by atoms with Gasteiger partial charge in [0.1, 0.15) is 5.52 Å². The molecule has 5 nitrogen and oxygen atoms in total. The molecule has 1 saturated carbocycles. The van der Waals surface area contributed by atoms with Crippen molar-refractivity contribution in [1.82, 2.24) is 19.5 Å². The quantitative estimate of drug-likeness (QED) is 0.726. The number of hydrogen-bond donors (Lipinski definition) is 0. The van der Waals surface area contributed by atoms with Gasteiger partial charge in [-0.25, -0.2) is 9.97 Å². The molecule has 6 heteroatoms. The molecule has 0 amide bonds. The maximum absolute atomic E-state index is 11.9. The molecule has 17 heavy (non-hydrogen) atoms. The minimum atomic E-state index is -0.112. The molecule has 0 saturated heterocycles. The number of halogens is 1. The first-order chi connectivity index (χ1) is 8.25. The number of fused-ring (bicyclic) bond motifs is 1. The summed E-state index contributed by atoms with van der Waals surface area (Å²) in [6.45, 7) is 0. The van der Waals surface area contributed by atoms with Crippen molar-refractivity contribution in [1.29, 1.82) is 0 Å². The summed E-state index contributed by atoms with van der Waals surface area (Å²) in [5.74, 6) is 0. The number of rotatable bonds is 1. The standard InChI is InChI=1S/C11H11ClN4O/c12-11-14-5-8-10(15-11)16(9(17)6-13-8)7-3-1-2-4-7/h5-7H,1-4H2. The summed E-state index contributed by atoms with van der Waals surface area (Å²) in [7, 11) is 0. The van der Waals surface area contributed by atoms with Crippen LogP contribution < -0.4 is 5.56 Å². The SMILES string of the molecule is O=c1cnc2cnc(Cl)nc2n1C1CCCC1. The highest BCUT2D eigenvalue weighted by Gasteiger charge is 2.20. The summed E-state index contributed by atoms with van der Waals surface area (Å²) in [5.41, 5.74) is 1.05. The van der Waals surface area contributed by atoms with E-state index < -0.39 is 0 Å². The molecule has 88 valence electrons. The van der Waals surface area contributed by atoms with Gasteiger partial charge in [-0.3, -0.25) is 9.36 Å². The molecule has 0 spiro atoms. The third-order valence-corrected chi connectivity index (χ3v) is 3.37. The second kappa shape index (κ2) is 4.07. The van der Waals surface area contributed by atoms with Gasteiger partial charge in [0.05, 0.1) is 12.4 Å². The lowest BCUT2D eigenvalue weighted by Crippen LogP contribution is -2.24. The number of hydrogen-bond acceptors (Lipinski definition) is 4. The Kier molecular flexibility index (Phi) is 2.55. The molecule has 0 atom stereocenters. The molecule has 0 radical (unpaired) electrons. The zero-order valence-electron chi connectivity index (χ0n) is 9.14. The van der Waals surface area contributed by atoms with Crippen molar-refractivity contribution in [3.05, 3.63) is 28.0 Å². The van der Waals surface area contributed by atoms with E-state index in [0.717, 1.165) is 25.7 Å². The fourth-order valence-electron chi connectivity index (χ4n) is 2.42. The lowest BCUT2D eigenvalue weighted by molar-refractivity contribution is 0.514. The Hall–Kier alpha value is -1.49. The van der Waals surface area contributed by atoms with Crippen LogP contribution in [-0.2, 0) is 0 Å². The third kappa shape index (κ3) is 1.80. The molecule has 0 aliphatic heterocycles. The average molecular weight is 251 g/mol. The molecule has 2 aromatic heterocycles. The Labute approximate surface area is 102 Å². The maximum Gasteiger partial charge on any atom is 0.270 e. The van der Waals surface area contributed by atoms with Gasteiger partial charge in [0.2, 0.25) is 5.28 Å². The van der Waals surface area contributed by atoms with Gasteiger partial charge in [-0.05, 0) is 24.4 Å². The van der Waals surface area contributed by atoms with Crippen LogP contribution in [0, 0.1) is 0 Å². The molecule has 2 heterocycles. The van der Waals surface area contributed by atoms with E-state index in [2.05, 4.69) is 15.0 Å². The van der Waals surface area contributed by atoms with Gasteiger partial charge < -0.3 is 0 Å². The zero-order valence-corrected chi connectivity index (χ0v) is 9.89. The van der Waals surface area contributed by atoms with Crippen molar-refractivity contribution >= 4 is 22.8 Å². The predicted octanol–water partition coefficient (Wildman–Crippen LogP) is 1.95. The monoisotopic (exact) mass is 250 g/mol. The van der Waals surface area contributed by atoms with Gasteiger partial charge in [-0.1, -0.05) is 12.8 Å². The van der Waals surface area contributed by atoms with E-state index in [-0.39, 0.29) is 16.9 Å². The predicted molar refractivity (Wildman–Crippen MR) is 64.1 cm³/mol. The maximum atomic E-state index is 11.9. The first kappa shape index (κ1) is 10.7. The molecule has 3 rings (SSSR count). The molecule has 0 bridgehead atoms. The van der Waals surface area contributed by atoms with Crippen LogP contribution >= 0.6 is 11.6 Å². The normalized spacial score (nSPS) is 16.8. The lowest BCUT2D eigenvalue weighted by atomic mass is 10.2. The second-order valence-electron chi connectivity index (χ2n) is 4.25. The van der Waals surface area contributed by atoms with Crippen LogP contribution in [0.3, 0.4) is 0 Å². The van der Waals surface area contributed by atoms with E-state index in [0.29, 0.717) is 11.2 Å². The first-order valence-electron chi connectivity index (χ1n) is 5.65. The Bertz CT molecular complexity index is 618. The summed E-state index contributed by atoms with van der Waals surface area (Å²) in [4.78, 5) is 24.0. The minimum absolute atomic E-state index is 0.112. The molecule has 0 aromatic carbocycles. The highest BCUT2D eigenvalue weighted by Crippen LogP contribution is 2.29. The Morgan fingerprint density at radius 2 is 2.00 bits per heavy atom. The van der Waals surface area contributed by atoms with Crippen molar-refractivity contribution in [2.75, 3.05) is 0 Å². The van der Waals surface area contributed by atoms with Gasteiger partial charge in [0, 0.05) is 6.04 Å². The van der Waals surface area contributed by atoms with Gasteiger partial charge in [0.15, 0.2) is 5.65 Å². The molecular weight excluding hydrogens is 240 g/mol. The number of nitrogens with zero attached hydrogens (tertiary/aromatic N) is 4. The van der Waals surface area contributed by atoms with E-state index in [4.69, 9.17) is 11.6 Å². The van der Waals surface area contributed by atoms with Crippen LogP contribution in [0.2, 0.25) is 5.28 Å². The summed E-state index contributed by atoms with van der Waals surface area (Å²) in [6.07, 6.45) is 7.22. The van der Waals surface area contributed by atoms with Crippen LogP contribution in [-0.4, -0.2) is 19.5 Å². The van der Waals surface area contributed by atoms with Gasteiger partial charge in [-0.2, -0.15) is 4.98 Å². The molecule has 1 aliphatic rings. The van der Waals surface area contributed by atoms with Crippen molar-refractivity contribution < 1.29 is 0 Å². The number of aromatic nitrogens is 4. The lowest BCUT2D eigenvalue weighted by Gasteiger charge is -2.14. The fraction of sp³-hybridized carbons (Fsp3) is 0.455. The second-order valence-corrected chi connectivity index (χ2v) is 4.59. The Balaban J connectivity index is 2.29. The molecule has 1 fully saturated rings. The van der Waals surface area contributed by atoms with Crippen LogP contribution in [0.4, 0.5) is 0 Å². The van der Waals surface area contributed by atoms with E-state index in [1.807, 2.05) is 0 Å². The molecule has 0 unspecified atom stereocenters. The van der Waals surface area contributed by atoms with E-state index in [1.165, 1.54) is 6.20 Å². The summed E-state index contributed by atoms with van der Waals surface area (Å²) in [6, 6.07) is 0.221. The largest absolute Gasteiger partial charge is 0.287 e. The van der Waals surface area contributed by atoms with Crippen molar-refractivity contribution in [3.63, 3.8) is 0 Å². The van der Waals surface area contributed by atoms with Crippen molar-refractivity contribution in [2.45, 2.75) is 31.7 Å². The average Bonchev–Trinajstić information content (AvgIpc) is 2.82. The highest BCUT2D eigenvalue weighted by molar-refractivity contribution is 6.28. The third-order valence-electron chi connectivity index (χ3n) is 3.19. The molecular formula is C11H11ClN4O. The Morgan fingerprint density at radius 1 is 1.24 bits per heavy atom. The minimum Gasteiger partial charge on any atom is -0.287 e. The summed E-state index contributed by atoms with van der Waals surface area (Å²) >= 11 is 5.78. The first-order valence-corrected chi connectivity index (χ1v) is 6.03. The summed E-state index contributed by atoms with van der Waals surface area (Å²) in [5, 5.41) is 0.150. The van der Waals surface area contributed by atoms with Crippen LogP contribution in [0.5, 0.6) is 0 Å².